The highest BCUT2D eigenvalue weighted by Crippen LogP contribution is 2.68. The van der Waals surface area contributed by atoms with E-state index in [-0.39, 0.29) is 11.2 Å². The van der Waals surface area contributed by atoms with Gasteiger partial charge in [0.25, 0.3) is 0 Å². The zero-order chi connectivity index (χ0) is 21.0. The van der Waals surface area contributed by atoms with E-state index in [9.17, 15) is 9.90 Å². The fourth-order valence-corrected chi connectivity index (χ4v) is 9.12. The van der Waals surface area contributed by atoms with Crippen molar-refractivity contribution in [2.24, 2.45) is 52.3 Å². The number of carbonyl (C=O) groups is 1. The molecule has 4 fully saturated rings. The van der Waals surface area contributed by atoms with Crippen LogP contribution >= 0.6 is 0 Å². The highest BCUT2D eigenvalue weighted by molar-refractivity contribution is 5.84. The van der Waals surface area contributed by atoms with Gasteiger partial charge in [-0.25, -0.2) is 0 Å². The Bertz CT molecular complexity index is 612. The van der Waals surface area contributed by atoms with Gasteiger partial charge >= 0.3 is 0 Å². The van der Waals surface area contributed by atoms with E-state index in [4.69, 9.17) is 0 Å². The zero-order valence-electron chi connectivity index (χ0n) is 19.8. The molecule has 29 heavy (non-hydrogen) atoms. The van der Waals surface area contributed by atoms with Crippen LogP contribution in [0.25, 0.3) is 0 Å². The van der Waals surface area contributed by atoms with Crippen LogP contribution in [0.3, 0.4) is 0 Å². The summed E-state index contributed by atoms with van der Waals surface area (Å²) in [6.45, 7) is 12.3. The summed E-state index contributed by atoms with van der Waals surface area (Å²) in [6.07, 6.45) is 13.0. The summed E-state index contributed by atoms with van der Waals surface area (Å²) < 4.78 is 0. The first-order valence-corrected chi connectivity index (χ1v) is 12.9. The van der Waals surface area contributed by atoms with Crippen molar-refractivity contribution >= 4 is 5.78 Å². The molecule has 0 radical (unpaired) electrons. The lowest BCUT2D eigenvalue weighted by Crippen LogP contribution is -2.56. The van der Waals surface area contributed by atoms with Gasteiger partial charge in [0, 0.05) is 6.42 Å². The van der Waals surface area contributed by atoms with Crippen molar-refractivity contribution in [1.82, 2.24) is 0 Å². The Hall–Kier alpha value is -0.370. The van der Waals surface area contributed by atoms with Gasteiger partial charge in [0.2, 0.25) is 0 Å². The molecule has 0 saturated heterocycles. The van der Waals surface area contributed by atoms with E-state index >= 15 is 0 Å². The molecule has 0 aliphatic heterocycles. The molecule has 0 spiro atoms. The molecule has 0 amide bonds. The Labute approximate surface area is 179 Å². The third kappa shape index (κ3) is 3.64. The third-order valence-corrected chi connectivity index (χ3v) is 10.7. The van der Waals surface area contributed by atoms with Gasteiger partial charge in [0.1, 0.15) is 6.10 Å². The minimum absolute atomic E-state index is 0.114. The van der Waals surface area contributed by atoms with Gasteiger partial charge in [-0.15, -0.1) is 0 Å². The first-order chi connectivity index (χ1) is 13.7. The fraction of sp³-hybridized carbons (Fsp3) is 0.963. The van der Waals surface area contributed by atoms with Crippen molar-refractivity contribution in [1.29, 1.82) is 0 Å². The van der Waals surface area contributed by atoms with Gasteiger partial charge in [0.05, 0.1) is 0 Å². The second kappa shape index (κ2) is 7.95. The summed E-state index contributed by atoms with van der Waals surface area (Å²) in [7, 11) is 0. The molecule has 166 valence electrons. The number of fused-ring (bicyclic) bond motifs is 5. The lowest BCUT2D eigenvalue weighted by Gasteiger charge is -2.61. The highest BCUT2D eigenvalue weighted by atomic mass is 16.3. The molecular formula is C27H46O2. The Morgan fingerprint density at radius 3 is 2.41 bits per heavy atom. The van der Waals surface area contributed by atoms with Crippen LogP contribution in [-0.2, 0) is 4.79 Å². The van der Waals surface area contributed by atoms with E-state index in [1.54, 1.807) is 0 Å². The number of carbonyl (C=O) groups excluding carboxylic acids is 1. The zero-order valence-corrected chi connectivity index (χ0v) is 19.8. The molecular weight excluding hydrogens is 356 g/mol. The average Bonchev–Trinajstić information content (AvgIpc) is 3.00. The van der Waals surface area contributed by atoms with Crippen molar-refractivity contribution in [3.05, 3.63) is 0 Å². The van der Waals surface area contributed by atoms with Crippen LogP contribution in [0.5, 0.6) is 0 Å². The molecule has 2 heteroatoms. The summed E-state index contributed by atoms with van der Waals surface area (Å²) >= 11 is 0. The number of ketones is 1. The molecule has 4 saturated carbocycles. The lowest BCUT2D eigenvalue weighted by atomic mass is 9.44. The van der Waals surface area contributed by atoms with Crippen molar-refractivity contribution in [3.63, 3.8) is 0 Å². The van der Waals surface area contributed by atoms with Gasteiger partial charge in [-0.3, -0.25) is 4.79 Å². The Morgan fingerprint density at radius 1 is 0.966 bits per heavy atom. The maximum absolute atomic E-state index is 12.2. The van der Waals surface area contributed by atoms with E-state index in [0.29, 0.717) is 17.8 Å². The Kier molecular flexibility index (Phi) is 5.99. The normalized spacial score (nSPS) is 48.2. The highest BCUT2D eigenvalue weighted by Gasteiger charge is 2.61. The summed E-state index contributed by atoms with van der Waals surface area (Å²) in [6, 6.07) is 0. The third-order valence-electron chi connectivity index (χ3n) is 10.7. The molecule has 0 bridgehead atoms. The van der Waals surface area contributed by atoms with Crippen LogP contribution in [0.2, 0.25) is 0 Å². The SMILES string of the molecule is CC(C)CCC[C@@H](C)[C@H]1CC[C@H]2[C@@H]3CC[C@H]4CC(=O)[C@H](O)C[C@]4(C)[C@H]3CC[C@]12C. The summed E-state index contributed by atoms with van der Waals surface area (Å²) in [5.74, 6) is 5.69. The predicted octanol–water partition coefficient (Wildman–Crippen LogP) is 6.65. The summed E-state index contributed by atoms with van der Waals surface area (Å²) in [5.41, 5.74) is 0.725. The van der Waals surface area contributed by atoms with E-state index in [1.165, 1.54) is 57.8 Å². The van der Waals surface area contributed by atoms with Crippen molar-refractivity contribution in [2.45, 2.75) is 111 Å². The van der Waals surface area contributed by atoms with E-state index in [0.717, 1.165) is 41.9 Å². The average molecular weight is 403 g/mol. The molecule has 2 nitrogen and oxygen atoms in total. The number of rotatable bonds is 5. The molecule has 0 unspecified atom stereocenters. The van der Waals surface area contributed by atoms with Gasteiger partial charge in [-0.05, 0) is 97.2 Å². The number of Topliss-reactive ketones (excluding diaryl/α,β-unsaturated/α-hetero) is 1. The minimum atomic E-state index is -0.694. The van der Waals surface area contributed by atoms with E-state index in [2.05, 4.69) is 34.6 Å². The van der Waals surface area contributed by atoms with Crippen LogP contribution in [0.15, 0.2) is 0 Å². The lowest BCUT2D eigenvalue weighted by molar-refractivity contribution is -0.156. The minimum Gasteiger partial charge on any atom is -0.385 e. The quantitative estimate of drug-likeness (QED) is 0.559. The van der Waals surface area contributed by atoms with E-state index < -0.39 is 6.10 Å². The molecule has 0 aromatic heterocycles. The number of hydrogen-bond donors (Lipinski definition) is 1. The first kappa shape index (κ1) is 21.8. The molecule has 4 rings (SSSR count). The number of hydrogen-bond acceptors (Lipinski definition) is 2. The van der Waals surface area contributed by atoms with Crippen molar-refractivity contribution in [2.75, 3.05) is 0 Å². The molecule has 1 N–H and O–H groups in total. The summed E-state index contributed by atoms with van der Waals surface area (Å²) in [4.78, 5) is 12.2. The van der Waals surface area contributed by atoms with E-state index in [1.807, 2.05) is 0 Å². The molecule has 0 heterocycles. The van der Waals surface area contributed by atoms with Gasteiger partial charge in [0.15, 0.2) is 5.78 Å². The van der Waals surface area contributed by atoms with Gasteiger partial charge < -0.3 is 5.11 Å². The largest absolute Gasteiger partial charge is 0.385 e. The monoisotopic (exact) mass is 402 g/mol. The molecule has 4 aliphatic rings. The number of aliphatic hydroxyl groups excluding tert-OH is 1. The summed E-state index contributed by atoms with van der Waals surface area (Å²) in [5, 5.41) is 10.4. The van der Waals surface area contributed by atoms with Crippen LogP contribution < -0.4 is 0 Å². The van der Waals surface area contributed by atoms with Crippen LogP contribution in [-0.4, -0.2) is 17.0 Å². The fourth-order valence-electron chi connectivity index (χ4n) is 9.12. The van der Waals surface area contributed by atoms with Crippen LogP contribution in [0.1, 0.15) is 105 Å². The second-order valence-corrected chi connectivity index (χ2v) is 12.6. The Balaban J connectivity index is 1.48. The number of aliphatic hydroxyl groups is 1. The second-order valence-electron chi connectivity index (χ2n) is 12.6. The molecule has 0 aromatic rings. The Morgan fingerprint density at radius 2 is 1.69 bits per heavy atom. The maximum atomic E-state index is 12.2. The van der Waals surface area contributed by atoms with Crippen molar-refractivity contribution in [3.8, 4) is 0 Å². The van der Waals surface area contributed by atoms with Crippen LogP contribution in [0.4, 0.5) is 0 Å². The topological polar surface area (TPSA) is 37.3 Å². The predicted molar refractivity (Wildman–Crippen MR) is 119 cm³/mol. The standard InChI is InChI=1S/C27H46O2/c1-17(2)7-6-8-18(3)21-11-12-22-20-10-9-19-15-24(28)25(29)16-27(19,5)23(20)13-14-26(21,22)4/h17-23,25,29H,6-16H2,1-5H3/t18-,19+,20+,21-,22+,23+,25-,26-,27+/m1/s1. The smallest absolute Gasteiger partial charge is 0.161 e. The van der Waals surface area contributed by atoms with Crippen LogP contribution in [0, 0.1) is 52.3 Å². The molecule has 9 atom stereocenters. The molecule has 0 aromatic carbocycles. The molecule has 4 aliphatic carbocycles. The first-order valence-electron chi connectivity index (χ1n) is 12.9. The maximum Gasteiger partial charge on any atom is 0.161 e. The van der Waals surface area contributed by atoms with Crippen molar-refractivity contribution < 1.29 is 9.90 Å². The van der Waals surface area contributed by atoms with Gasteiger partial charge in [-0.2, -0.15) is 0 Å². The van der Waals surface area contributed by atoms with Gasteiger partial charge in [-0.1, -0.05) is 53.9 Å².